The van der Waals surface area contributed by atoms with Crippen molar-refractivity contribution in [2.45, 2.75) is 58.4 Å². The van der Waals surface area contributed by atoms with Crippen LogP contribution in [0.1, 0.15) is 44.9 Å². The molecule has 2 aromatic rings. The van der Waals surface area contributed by atoms with Gasteiger partial charge in [0.15, 0.2) is 6.10 Å². The summed E-state index contributed by atoms with van der Waals surface area (Å²) in [6, 6.07) is 17.0. The lowest BCUT2D eigenvalue weighted by Gasteiger charge is -2.42. The van der Waals surface area contributed by atoms with Gasteiger partial charge in [-0.3, -0.25) is 9.59 Å². The van der Waals surface area contributed by atoms with E-state index in [2.05, 4.69) is 5.32 Å². The van der Waals surface area contributed by atoms with Crippen LogP contribution in [0.25, 0.3) is 0 Å². The molecule has 1 aliphatic rings. The fourth-order valence-electron chi connectivity index (χ4n) is 3.92. The summed E-state index contributed by atoms with van der Waals surface area (Å²) >= 11 is 0. The predicted octanol–water partition coefficient (Wildman–Crippen LogP) is 3.51. The van der Waals surface area contributed by atoms with Crippen molar-refractivity contribution in [3.8, 4) is 5.75 Å². The third kappa shape index (κ3) is 5.85. The van der Waals surface area contributed by atoms with Crippen molar-refractivity contribution in [3.05, 3.63) is 65.7 Å². The Labute approximate surface area is 184 Å². The second-order valence-electron chi connectivity index (χ2n) is 8.34. The number of carbonyl (C=O) groups is 2. The number of rotatable bonds is 8. The van der Waals surface area contributed by atoms with Gasteiger partial charge in [0.2, 0.25) is 5.91 Å². The topological polar surface area (TPSA) is 67.9 Å². The highest BCUT2D eigenvalue weighted by molar-refractivity contribution is 5.86. The summed E-state index contributed by atoms with van der Waals surface area (Å²) in [5.74, 6) is 0.515. The minimum absolute atomic E-state index is 0.0411. The van der Waals surface area contributed by atoms with Gasteiger partial charge >= 0.3 is 0 Å². The molecule has 1 saturated heterocycles. The van der Waals surface area contributed by atoms with E-state index in [4.69, 9.17) is 9.47 Å². The molecule has 166 valence electrons. The Kier molecular flexibility index (Phi) is 7.69. The molecule has 0 radical (unpaired) electrons. The van der Waals surface area contributed by atoms with Crippen molar-refractivity contribution in [1.82, 2.24) is 10.2 Å². The molecule has 1 aliphatic heterocycles. The van der Waals surface area contributed by atoms with Crippen LogP contribution in [0.2, 0.25) is 0 Å². The second-order valence-corrected chi connectivity index (χ2v) is 8.34. The number of morpholine rings is 1. The van der Waals surface area contributed by atoms with Gasteiger partial charge in [-0.25, -0.2) is 0 Å². The maximum Gasteiger partial charge on any atom is 0.251 e. The van der Waals surface area contributed by atoms with Gasteiger partial charge in [0.25, 0.3) is 5.91 Å². The summed E-state index contributed by atoms with van der Waals surface area (Å²) in [5.41, 5.74) is 1.98. The van der Waals surface area contributed by atoms with Crippen LogP contribution in [0.4, 0.5) is 0 Å². The Balaban J connectivity index is 1.68. The molecule has 1 heterocycles. The number of benzene rings is 2. The molecule has 31 heavy (non-hydrogen) atoms. The summed E-state index contributed by atoms with van der Waals surface area (Å²) in [6.45, 7) is 8.28. The van der Waals surface area contributed by atoms with Crippen LogP contribution in [0.3, 0.4) is 0 Å². The fraction of sp³-hybridized carbons (Fsp3) is 0.440. The highest BCUT2D eigenvalue weighted by Gasteiger charge is 2.42. The van der Waals surface area contributed by atoms with Gasteiger partial charge in [-0.2, -0.15) is 0 Å². The molecule has 2 atom stereocenters. The van der Waals surface area contributed by atoms with Crippen LogP contribution >= 0.6 is 0 Å². The number of amides is 2. The summed E-state index contributed by atoms with van der Waals surface area (Å²) < 4.78 is 11.5. The number of nitrogens with zero attached hydrogens (tertiary/aromatic N) is 1. The van der Waals surface area contributed by atoms with Crippen LogP contribution in [0.5, 0.6) is 5.75 Å². The predicted molar refractivity (Wildman–Crippen MR) is 120 cm³/mol. The molecular weight excluding hydrogens is 392 g/mol. The van der Waals surface area contributed by atoms with Crippen LogP contribution < -0.4 is 10.1 Å². The van der Waals surface area contributed by atoms with Crippen molar-refractivity contribution < 1.29 is 19.1 Å². The number of carbonyl (C=O) groups excluding carboxylic acids is 2. The number of ether oxygens (including phenoxy) is 2. The fourth-order valence-corrected chi connectivity index (χ4v) is 3.92. The molecule has 1 N–H and O–H groups in total. The van der Waals surface area contributed by atoms with Crippen LogP contribution in [-0.4, -0.2) is 48.1 Å². The average molecular weight is 425 g/mol. The Morgan fingerprint density at radius 3 is 2.55 bits per heavy atom. The third-order valence-electron chi connectivity index (χ3n) is 5.20. The zero-order valence-electron chi connectivity index (χ0n) is 18.7. The summed E-state index contributed by atoms with van der Waals surface area (Å²) in [5, 5.41) is 2.99. The molecule has 1 fully saturated rings. The first-order chi connectivity index (χ1) is 14.9. The molecule has 2 aromatic carbocycles. The van der Waals surface area contributed by atoms with Gasteiger partial charge in [-0.1, -0.05) is 42.5 Å². The first-order valence-electron chi connectivity index (χ1n) is 10.9. The summed E-state index contributed by atoms with van der Waals surface area (Å²) in [7, 11) is 0. The van der Waals surface area contributed by atoms with Gasteiger partial charge in [-0.15, -0.1) is 0 Å². The van der Waals surface area contributed by atoms with E-state index in [1.807, 2.05) is 82.3 Å². The van der Waals surface area contributed by atoms with E-state index < -0.39 is 12.1 Å². The van der Waals surface area contributed by atoms with Gasteiger partial charge < -0.3 is 19.7 Å². The van der Waals surface area contributed by atoms with Crippen molar-refractivity contribution in [2.75, 3.05) is 13.2 Å². The molecular formula is C25H32N2O4. The first-order valence-corrected chi connectivity index (χ1v) is 10.9. The van der Waals surface area contributed by atoms with Gasteiger partial charge in [-0.05, 0) is 57.4 Å². The Hall–Kier alpha value is -2.86. The number of nitrogens with one attached hydrogen (secondary N) is 1. The van der Waals surface area contributed by atoms with Crippen molar-refractivity contribution in [2.24, 2.45) is 0 Å². The third-order valence-corrected chi connectivity index (χ3v) is 5.20. The van der Waals surface area contributed by atoms with Crippen molar-refractivity contribution in [3.63, 3.8) is 0 Å². The van der Waals surface area contributed by atoms with E-state index >= 15 is 0 Å². The molecule has 2 amide bonds. The minimum Gasteiger partial charge on any atom is -0.491 e. The molecule has 0 aromatic heterocycles. The molecule has 3 rings (SSSR count). The van der Waals surface area contributed by atoms with E-state index in [9.17, 15) is 9.59 Å². The highest BCUT2D eigenvalue weighted by Crippen LogP contribution is 2.32. The quantitative estimate of drug-likeness (QED) is 0.704. The zero-order valence-corrected chi connectivity index (χ0v) is 18.7. The van der Waals surface area contributed by atoms with E-state index in [0.29, 0.717) is 13.0 Å². The van der Waals surface area contributed by atoms with E-state index in [-0.39, 0.29) is 30.6 Å². The lowest BCUT2D eigenvalue weighted by Crippen LogP contribution is -2.56. The molecule has 0 spiro atoms. The molecule has 6 nitrogen and oxygen atoms in total. The van der Waals surface area contributed by atoms with Crippen LogP contribution in [0, 0.1) is 0 Å². The lowest BCUT2D eigenvalue weighted by molar-refractivity contribution is -0.167. The van der Waals surface area contributed by atoms with Crippen molar-refractivity contribution in [1.29, 1.82) is 0 Å². The normalized spacial score (nSPS) is 19.0. The average Bonchev–Trinajstić information content (AvgIpc) is 2.73. The summed E-state index contributed by atoms with van der Waals surface area (Å²) in [6.07, 6.45) is 0.0365. The van der Waals surface area contributed by atoms with Gasteiger partial charge in [0.1, 0.15) is 12.4 Å². The molecule has 0 saturated carbocycles. The molecule has 0 bridgehead atoms. The number of hydrogen-bond acceptors (Lipinski definition) is 4. The first kappa shape index (κ1) is 22.8. The zero-order chi connectivity index (χ0) is 22.4. The second kappa shape index (κ2) is 10.4. The SMILES string of the molecule is CC(C)Oc1cccc(CCNC(=O)[C@H]2OCC(=O)N(C(C)C)[C@@H]2c2ccccc2)c1. The maximum absolute atomic E-state index is 13.1. The van der Waals surface area contributed by atoms with E-state index in [1.165, 1.54) is 0 Å². The Bertz CT molecular complexity index is 882. The number of hydrogen-bond donors (Lipinski definition) is 1. The standard InChI is InChI=1S/C25H32N2O4/c1-17(2)27-22(28)16-30-24(23(27)20-10-6-5-7-11-20)25(29)26-14-13-19-9-8-12-21(15-19)31-18(3)4/h5-12,15,17-18,23-24H,13-14,16H2,1-4H3,(H,26,29)/t23-,24+/m1/s1. The van der Waals surface area contributed by atoms with Crippen LogP contribution in [-0.2, 0) is 20.7 Å². The maximum atomic E-state index is 13.1. The van der Waals surface area contributed by atoms with Crippen LogP contribution in [0.15, 0.2) is 54.6 Å². The Morgan fingerprint density at radius 1 is 1.13 bits per heavy atom. The minimum atomic E-state index is -0.752. The van der Waals surface area contributed by atoms with Crippen molar-refractivity contribution >= 4 is 11.8 Å². The monoisotopic (exact) mass is 424 g/mol. The smallest absolute Gasteiger partial charge is 0.251 e. The van der Waals surface area contributed by atoms with Gasteiger partial charge in [0, 0.05) is 12.6 Å². The van der Waals surface area contributed by atoms with E-state index in [0.717, 1.165) is 16.9 Å². The summed E-state index contributed by atoms with van der Waals surface area (Å²) in [4.78, 5) is 27.4. The molecule has 0 unspecified atom stereocenters. The van der Waals surface area contributed by atoms with Gasteiger partial charge in [0.05, 0.1) is 12.1 Å². The lowest BCUT2D eigenvalue weighted by atomic mass is 9.95. The molecule has 0 aliphatic carbocycles. The largest absolute Gasteiger partial charge is 0.491 e. The van der Waals surface area contributed by atoms with E-state index in [1.54, 1.807) is 4.90 Å². The Morgan fingerprint density at radius 2 is 1.87 bits per heavy atom. The molecule has 6 heteroatoms. The highest BCUT2D eigenvalue weighted by atomic mass is 16.5.